The van der Waals surface area contributed by atoms with Crippen molar-refractivity contribution in [2.75, 3.05) is 33.7 Å². The molecule has 2 N–H and O–H groups in total. The Morgan fingerprint density at radius 2 is 1.95 bits per heavy atom. The first kappa shape index (κ1) is 16.7. The maximum absolute atomic E-state index is 13.0. The van der Waals surface area contributed by atoms with E-state index in [1.54, 1.807) is 0 Å². The molecule has 1 heterocycles. The summed E-state index contributed by atoms with van der Waals surface area (Å²) in [5.41, 5.74) is 5.44. The van der Waals surface area contributed by atoms with Gasteiger partial charge in [-0.15, -0.1) is 0 Å². The van der Waals surface area contributed by atoms with Crippen LogP contribution in [-0.4, -0.2) is 54.4 Å². The van der Waals surface area contributed by atoms with Gasteiger partial charge in [-0.3, -0.25) is 4.79 Å². The van der Waals surface area contributed by atoms with Gasteiger partial charge in [-0.1, -0.05) is 37.9 Å². The number of amides is 1. The first-order valence-electron chi connectivity index (χ1n) is 8.20. The third kappa shape index (κ3) is 3.75. The van der Waals surface area contributed by atoms with Gasteiger partial charge in [0, 0.05) is 20.1 Å². The SMILES string of the molecule is CN1CCC(CN(C)C(=O)C2(C(N)=S)CCCCCC2)C1. The van der Waals surface area contributed by atoms with Gasteiger partial charge < -0.3 is 15.5 Å². The molecule has 1 aliphatic carbocycles. The monoisotopic (exact) mass is 311 g/mol. The Morgan fingerprint density at radius 1 is 1.33 bits per heavy atom. The second-order valence-corrected chi connectivity index (χ2v) is 7.40. The van der Waals surface area contributed by atoms with Gasteiger partial charge in [0.25, 0.3) is 0 Å². The summed E-state index contributed by atoms with van der Waals surface area (Å²) in [6.07, 6.45) is 7.33. The Labute approximate surface area is 134 Å². The minimum atomic E-state index is -0.578. The zero-order valence-corrected chi connectivity index (χ0v) is 14.3. The van der Waals surface area contributed by atoms with E-state index in [9.17, 15) is 4.79 Å². The van der Waals surface area contributed by atoms with E-state index in [0.29, 0.717) is 10.9 Å². The molecule has 0 radical (unpaired) electrons. The third-order valence-corrected chi connectivity index (χ3v) is 5.60. The van der Waals surface area contributed by atoms with Gasteiger partial charge in [0.15, 0.2) is 0 Å². The summed E-state index contributed by atoms with van der Waals surface area (Å²) in [6, 6.07) is 0. The lowest BCUT2D eigenvalue weighted by atomic mass is 9.78. The van der Waals surface area contributed by atoms with Crippen LogP contribution in [0.5, 0.6) is 0 Å². The Morgan fingerprint density at radius 3 is 2.43 bits per heavy atom. The predicted octanol–water partition coefficient (Wildman–Crippen LogP) is 2.02. The molecule has 1 unspecified atom stereocenters. The molecule has 2 fully saturated rings. The molecule has 0 spiro atoms. The van der Waals surface area contributed by atoms with Crippen LogP contribution in [0.2, 0.25) is 0 Å². The van der Waals surface area contributed by atoms with Crippen LogP contribution < -0.4 is 5.73 Å². The summed E-state index contributed by atoms with van der Waals surface area (Å²) in [4.78, 5) is 17.7. The summed E-state index contributed by atoms with van der Waals surface area (Å²) in [5.74, 6) is 0.740. The maximum atomic E-state index is 13.0. The van der Waals surface area contributed by atoms with Gasteiger partial charge in [0.05, 0.1) is 10.4 Å². The zero-order chi connectivity index (χ0) is 15.5. The fraction of sp³-hybridized carbons (Fsp3) is 0.875. The molecule has 2 rings (SSSR count). The van der Waals surface area contributed by atoms with Crippen LogP contribution in [0.25, 0.3) is 0 Å². The van der Waals surface area contributed by atoms with Crippen LogP contribution in [0.1, 0.15) is 44.9 Å². The van der Waals surface area contributed by atoms with Crippen molar-refractivity contribution >= 4 is 23.1 Å². The molecule has 0 aromatic heterocycles. The molecular weight excluding hydrogens is 282 g/mol. The van der Waals surface area contributed by atoms with Crippen molar-refractivity contribution in [3.05, 3.63) is 0 Å². The highest BCUT2D eigenvalue weighted by molar-refractivity contribution is 7.80. The molecule has 1 saturated carbocycles. The van der Waals surface area contributed by atoms with E-state index in [4.69, 9.17) is 18.0 Å². The van der Waals surface area contributed by atoms with Gasteiger partial charge in [-0.25, -0.2) is 0 Å². The number of carbonyl (C=O) groups excluding carboxylic acids is 1. The number of hydrogen-bond acceptors (Lipinski definition) is 3. The second kappa shape index (κ2) is 7.05. The zero-order valence-electron chi connectivity index (χ0n) is 13.4. The van der Waals surface area contributed by atoms with Crippen LogP contribution in [-0.2, 0) is 4.79 Å². The highest BCUT2D eigenvalue weighted by atomic mass is 32.1. The number of likely N-dealkylation sites (tertiary alicyclic amines) is 1. The van der Waals surface area contributed by atoms with Crippen molar-refractivity contribution in [3.63, 3.8) is 0 Å². The summed E-state index contributed by atoms with van der Waals surface area (Å²) in [5, 5.41) is 0. The van der Waals surface area contributed by atoms with Crippen molar-refractivity contribution in [2.24, 2.45) is 17.1 Å². The second-order valence-electron chi connectivity index (χ2n) is 6.96. The largest absolute Gasteiger partial charge is 0.392 e. The molecule has 1 saturated heterocycles. The fourth-order valence-electron chi connectivity index (χ4n) is 3.91. The van der Waals surface area contributed by atoms with Gasteiger partial charge in [-0.05, 0) is 38.8 Å². The molecule has 0 aromatic carbocycles. The van der Waals surface area contributed by atoms with Crippen molar-refractivity contribution in [1.82, 2.24) is 9.80 Å². The third-order valence-electron chi connectivity index (χ3n) is 5.21. The fourth-order valence-corrected chi connectivity index (χ4v) is 4.20. The average Bonchev–Trinajstić information content (AvgIpc) is 2.71. The van der Waals surface area contributed by atoms with E-state index < -0.39 is 5.41 Å². The van der Waals surface area contributed by atoms with Crippen LogP contribution >= 0.6 is 12.2 Å². The molecule has 21 heavy (non-hydrogen) atoms. The number of nitrogens with zero attached hydrogens (tertiary/aromatic N) is 2. The molecule has 5 heteroatoms. The van der Waals surface area contributed by atoms with E-state index in [-0.39, 0.29) is 5.91 Å². The summed E-state index contributed by atoms with van der Waals surface area (Å²) in [7, 11) is 4.06. The maximum Gasteiger partial charge on any atom is 0.235 e. The van der Waals surface area contributed by atoms with Crippen LogP contribution in [0, 0.1) is 11.3 Å². The van der Waals surface area contributed by atoms with Crippen LogP contribution in [0.4, 0.5) is 0 Å². The molecular formula is C16H29N3OS. The molecule has 1 aliphatic heterocycles. The van der Waals surface area contributed by atoms with Crippen LogP contribution in [0.15, 0.2) is 0 Å². The van der Waals surface area contributed by atoms with E-state index >= 15 is 0 Å². The quantitative estimate of drug-likeness (QED) is 0.637. The number of rotatable bonds is 4. The first-order valence-corrected chi connectivity index (χ1v) is 8.60. The first-order chi connectivity index (χ1) is 9.95. The smallest absolute Gasteiger partial charge is 0.235 e. The highest BCUT2D eigenvalue weighted by Gasteiger charge is 2.43. The van der Waals surface area contributed by atoms with E-state index in [1.165, 1.54) is 19.3 Å². The number of hydrogen-bond donors (Lipinski definition) is 1. The van der Waals surface area contributed by atoms with E-state index in [0.717, 1.165) is 45.3 Å². The van der Waals surface area contributed by atoms with Crippen molar-refractivity contribution in [1.29, 1.82) is 0 Å². The van der Waals surface area contributed by atoms with Crippen LogP contribution in [0.3, 0.4) is 0 Å². The summed E-state index contributed by atoms with van der Waals surface area (Å²) < 4.78 is 0. The molecule has 120 valence electrons. The average molecular weight is 311 g/mol. The molecule has 4 nitrogen and oxygen atoms in total. The Bertz CT molecular complexity index is 391. The van der Waals surface area contributed by atoms with E-state index in [1.807, 2.05) is 11.9 Å². The lowest BCUT2D eigenvalue weighted by molar-refractivity contribution is -0.138. The van der Waals surface area contributed by atoms with Gasteiger partial charge >= 0.3 is 0 Å². The lowest BCUT2D eigenvalue weighted by Crippen LogP contribution is -2.50. The summed E-state index contributed by atoms with van der Waals surface area (Å²) in [6.45, 7) is 3.04. The van der Waals surface area contributed by atoms with Gasteiger partial charge in [-0.2, -0.15) is 0 Å². The molecule has 1 amide bonds. The predicted molar refractivity (Wildman–Crippen MR) is 90.2 cm³/mol. The lowest BCUT2D eigenvalue weighted by Gasteiger charge is -2.35. The molecule has 1 atom stereocenters. The topological polar surface area (TPSA) is 49.6 Å². The number of carbonyl (C=O) groups is 1. The van der Waals surface area contributed by atoms with Crippen molar-refractivity contribution in [3.8, 4) is 0 Å². The Kier molecular flexibility index (Phi) is 5.60. The Hall–Kier alpha value is -0.680. The van der Waals surface area contributed by atoms with Crippen molar-refractivity contribution < 1.29 is 4.79 Å². The standard InChI is InChI=1S/C16H29N3OS/c1-18-10-7-13(11-18)12-19(2)15(20)16(14(17)21)8-5-3-4-6-9-16/h13H,3-12H2,1-2H3,(H2,17,21). The van der Waals surface area contributed by atoms with Crippen molar-refractivity contribution in [2.45, 2.75) is 44.9 Å². The summed E-state index contributed by atoms with van der Waals surface area (Å²) >= 11 is 5.31. The Balaban J connectivity index is 2.05. The minimum absolute atomic E-state index is 0.159. The van der Waals surface area contributed by atoms with Gasteiger partial charge in [0.1, 0.15) is 0 Å². The minimum Gasteiger partial charge on any atom is -0.392 e. The van der Waals surface area contributed by atoms with E-state index in [2.05, 4.69) is 11.9 Å². The molecule has 2 aliphatic rings. The molecule has 0 bridgehead atoms. The molecule has 0 aromatic rings. The number of nitrogens with two attached hydrogens (primary N) is 1. The normalized spacial score (nSPS) is 26.3. The van der Waals surface area contributed by atoms with Gasteiger partial charge in [0.2, 0.25) is 5.91 Å². The highest BCUT2D eigenvalue weighted by Crippen LogP contribution is 2.37. The number of thiocarbonyl (C=S) groups is 1.